The van der Waals surface area contributed by atoms with Crippen LogP contribution in [0.25, 0.3) is 16.9 Å². The highest BCUT2D eigenvalue weighted by Crippen LogP contribution is 2.37. The van der Waals surface area contributed by atoms with Gasteiger partial charge in [-0.2, -0.15) is 0 Å². The van der Waals surface area contributed by atoms with Crippen molar-refractivity contribution in [2.75, 3.05) is 6.61 Å². The van der Waals surface area contributed by atoms with Gasteiger partial charge in [0.25, 0.3) is 5.56 Å². The number of nitrogens with zero attached hydrogens (tertiary/aromatic N) is 5. The third-order valence-electron chi connectivity index (χ3n) is 8.14. The van der Waals surface area contributed by atoms with Gasteiger partial charge in [0.1, 0.15) is 18.3 Å². The van der Waals surface area contributed by atoms with Crippen molar-refractivity contribution in [1.29, 1.82) is 0 Å². The minimum atomic E-state index is -0.658. The smallest absolute Gasteiger partial charge is 0.287 e. The number of aromatic nitrogens is 5. The van der Waals surface area contributed by atoms with Crippen LogP contribution in [0.4, 0.5) is 0 Å². The number of ether oxygens (including phenoxy) is 4. The van der Waals surface area contributed by atoms with Crippen LogP contribution >= 0.6 is 0 Å². The van der Waals surface area contributed by atoms with Crippen LogP contribution in [0.15, 0.2) is 108 Å². The lowest BCUT2D eigenvalue weighted by atomic mass is 10.1. The SMILES string of the molecule is Cc1cn2c(=O)c3ncn([C@@H]4O[C@H](COCc5ccccc5)[C@@H](OCc5ccccc5)[C@H]4OCc4ccccc4)c3n(C)c2n1. The number of hydrogen-bond donors (Lipinski definition) is 0. The van der Waals surface area contributed by atoms with Crippen LogP contribution in [0.1, 0.15) is 28.6 Å². The molecule has 1 aliphatic rings. The van der Waals surface area contributed by atoms with Gasteiger partial charge in [-0.1, -0.05) is 91.0 Å². The summed E-state index contributed by atoms with van der Waals surface area (Å²) in [6.07, 6.45) is 1.21. The Morgan fingerprint density at radius 3 is 2.00 bits per heavy atom. The van der Waals surface area contributed by atoms with E-state index in [0.717, 1.165) is 22.4 Å². The average Bonchev–Trinajstić information content (AvgIpc) is 3.78. The van der Waals surface area contributed by atoms with Gasteiger partial charge in [-0.25, -0.2) is 14.4 Å². The highest BCUT2D eigenvalue weighted by molar-refractivity contribution is 5.73. The molecule has 7 rings (SSSR count). The monoisotopic (exact) mass is 605 g/mol. The van der Waals surface area contributed by atoms with E-state index in [1.54, 1.807) is 12.5 Å². The van der Waals surface area contributed by atoms with E-state index < -0.39 is 24.5 Å². The maximum Gasteiger partial charge on any atom is 0.287 e. The van der Waals surface area contributed by atoms with Crippen molar-refractivity contribution in [3.8, 4) is 0 Å². The lowest BCUT2D eigenvalue weighted by Crippen LogP contribution is -2.38. The summed E-state index contributed by atoms with van der Waals surface area (Å²) in [4.78, 5) is 22.6. The summed E-state index contributed by atoms with van der Waals surface area (Å²) >= 11 is 0. The van der Waals surface area contributed by atoms with Crippen molar-refractivity contribution in [1.82, 2.24) is 23.5 Å². The lowest BCUT2D eigenvalue weighted by molar-refractivity contribution is -0.0914. The lowest BCUT2D eigenvalue weighted by Gasteiger charge is -2.26. The molecule has 0 unspecified atom stereocenters. The predicted octanol–water partition coefficient (Wildman–Crippen LogP) is 4.98. The van der Waals surface area contributed by atoms with E-state index in [-0.39, 0.29) is 12.2 Å². The van der Waals surface area contributed by atoms with Gasteiger partial charge in [-0.15, -0.1) is 0 Å². The predicted molar refractivity (Wildman–Crippen MR) is 169 cm³/mol. The zero-order chi connectivity index (χ0) is 30.8. The zero-order valence-electron chi connectivity index (χ0n) is 25.2. The summed E-state index contributed by atoms with van der Waals surface area (Å²) in [6, 6.07) is 30.1. The van der Waals surface area contributed by atoms with Crippen LogP contribution in [0, 0.1) is 6.92 Å². The molecule has 0 aliphatic carbocycles. The summed E-state index contributed by atoms with van der Waals surface area (Å²) in [5.41, 5.74) is 4.55. The third-order valence-corrected chi connectivity index (χ3v) is 8.14. The number of hydrogen-bond acceptors (Lipinski definition) is 7. The summed E-state index contributed by atoms with van der Waals surface area (Å²) in [5.74, 6) is 0.520. The fraction of sp³-hybridized carbons (Fsp3) is 0.286. The van der Waals surface area contributed by atoms with E-state index in [0.29, 0.717) is 36.8 Å². The van der Waals surface area contributed by atoms with E-state index in [2.05, 4.69) is 9.97 Å². The van der Waals surface area contributed by atoms with Crippen LogP contribution < -0.4 is 5.56 Å². The molecule has 3 aromatic heterocycles. The Labute approximate surface area is 260 Å². The molecular formula is C35H35N5O5. The van der Waals surface area contributed by atoms with Crippen LogP contribution in [0.3, 0.4) is 0 Å². The highest BCUT2D eigenvalue weighted by atomic mass is 16.6. The van der Waals surface area contributed by atoms with Crippen LogP contribution in [-0.2, 0) is 45.8 Å². The second kappa shape index (κ2) is 12.8. The molecule has 0 bridgehead atoms. The molecule has 10 nitrogen and oxygen atoms in total. The van der Waals surface area contributed by atoms with Crippen molar-refractivity contribution in [2.45, 2.75) is 51.3 Å². The molecule has 1 saturated heterocycles. The van der Waals surface area contributed by atoms with Crippen molar-refractivity contribution in [2.24, 2.45) is 7.05 Å². The fourth-order valence-electron chi connectivity index (χ4n) is 5.95. The van der Waals surface area contributed by atoms with E-state index in [1.165, 1.54) is 4.40 Å². The second-order valence-electron chi connectivity index (χ2n) is 11.3. The molecule has 0 N–H and O–H groups in total. The first kappa shape index (κ1) is 29.1. The molecule has 1 fully saturated rings. The third kappa shape index (κ3) is 5.93. The van der Waals surface area contributed by atoms with E-state index in [4.69, 9.17) is 18.9 Å². The average molecular weight is 606 g/mol. The first-order valence-electron chi connectivity index (χ1n) is 15.1. The number of imidazole rings is 2. The summed E-state index contributed by atoms with van der Waals surface area (Å²) in [7, 11) is 1.88. The van der Waals surface area contributed by atoms with Gasteiger partial charge in [0.2, 0.25) is 5.78 Å². The number of benzene rings is 3. The van der Waals surface area contributed by atoms with Gasteiger partial charge in [-0.3, -0.25) is 13.9 Å². The second-order valence-corrected chi connectivity index (χ2v) is 11.3. The quantitative estimate of drug-likeness (QED) is 0.206. The molecule has 3 aromatic carbocycles. The van der Waals surface area contributed by atoms with Crippen molar-refractivity contribution < 1.29 is 18.9 Å². The van der Waals surface area contributed by atoms with Crippen LogP contribution in [-0.4, -0.2) is 48.4 Å². The summed E-state index contributed by atoms with van der Waals surface area (Å²) in [5, 5.41) is 0. The Kier molecular flexibility index (Phi) is 8.27. The first-order valence-corrected chi connectivity index (χ1v) is 15.1. The van der Waals surface area contributed by atoms with Gasteiger partial charge >= 0.3 is 0 Å². The Hall–Kier alpha value is -4.61. The van der Waals surface area contributed by atoms with Gasteiger partial charge < -0.3 is 18.9 Å². The van der Waals surface area contributed by atoms with E-state index >= 15 is 0 Å². The number of fused-ring (bicyclic) bond motifs is 2. The number of aryl methyl sites for hydroxylation is 2. The molecule has 230 valence electrons. The van der Waals surface area contributed by atoms with Gasteiger partial charge in [0.15, 0.2) is 17.4 Å². The molecule has 4 heterocycles. The minimum Gasteiger partial charge on any atom is -0.374 e. The Morgan fingerprint density at radius 2 is 1.38 bits per heavy atom. The van der Waals surface area contributed by atoms with E-state index in [9.17, 15) is 4.79 Å². The van der Waals surface area contributed by atoms with Gasteiger partial charge in [-0.05, 0) is 23.6 Å². The standard InChI is InChI=1S/C35H35N5O5/c1-24-18-39-33(41)29-32(38(2)35(39)37-24)40(23-36-29)34-31(44-21-27-16-10-5-11-17-27)30(43-20-26-14-8-4-9-15-26)28(45-34)22-42-19-25-12-6-3-7-13-25/h3-18,23,28,30-31,34H,19-22H2,1-2H3/t28-,30-,31-,34-/m1/s1. The molecule has 4 atom stereocenters. The molecule has 45 heavy (non-hydrogen) atoms. The molecule has 1 aliphatic heterocycles. The van der Waals surface area contributed by atoms with Gasteiger partial charge in [0, 0.05) is 13.2 Å². The fourth-order valence-corrected chi connectivity index (χ4v) is 5.95. The summed E-state index contributed by atoms with van der Waals surface area (Å²) in [6.45, 7) is 3.31. The van der Waals surface area contributed by atoms with Crippen LogP contribution in [0.5, 0.6) is 0 Å². The molecule has 10 heteroatoms. The maximum atomic E-state index is 13.5. The maximum absolute atomic E-state index is 13.5. The van der Waals surface area contributed by atoms with Crippen molar-refractivity contribution >= 4 is 16.9 Å². The zero-order valence-corrected chi connectivity index (χ0v) is 25.2. The van der Waals surface area contributed by atoms with E-state index in [1.807, 2.05) is 114 Å². The molecule has 0 radical (unpaired) electrons. The Bertz CT molecular complexity index is 1940. The Morgan fingerprint density at radius 1 is 0.800 bits per heavy atom. The minimum absolute atomic E-state index is 0.239. The number of rotatable bonds is 11. The topological polar surface area (TPSA) is 94.0 Å². The van der Waals surface area contributed by atoms with Crippen molar-refractivity contribution in [3.63, 3.8) is 0 Å². The first-order chi connectivity index (χ1) is 22.1. The highest BCUT2D eigenvalue weighted by Gasteiger charge is 2.48. The van der Waals surface area contributed by atoms with Crippen LogP contribution in [0.2, 0.25) is 0 Å². The van der Waals surface area contributed by atoms with Crippen molar-refractivity contribution in [3.05, 3.63) is 136 Å². The normalized spacial score (nSPS) is 20.0. The molecule has 0 spiro atoms. The molecule has 0 saturated carbocycles. The molecular weight excluding hydrogens is 570 g/mol. The molecule has 6 aromatic rings. The summed E-state index contributed by atoms with van der Waals surface area (Å²) < 4.78 is 31.5. The Balaban J connectivity index is 1.26. The van der Waals surface area contributed by atoms with Gasteiger partial charge in [0.05, 0.1) is 38.4 Å². The molecule has 0 amide bonds. The largest absolute Gasteiger partial charge is 0.374 e.